The maximum absolute atomic E-state index is 12.7. The highest BCUT2D eigenvalue weighted by molar-refractivity contribution is 7.99. The highest BCUT2D eigenvalue weighted by Crippen LogP contribution is 2.23. The van der Waals surface area contributed by atoms with Gasteiger partial charge in [0.1, 0.15) is 0 Å². The molecule has 0 bridgehead atoms. The molecule has 2 rings (SSSR count). The molecule has 27 heavy (non-hydrogen) atoms. The number of hydrogen-bond donors (Lipinski definition) is 2. The number of sulfonamides is 1. The molecule has 146 valence electrons. The molecular weight excluding hydrogens is 388 g/mol. The van der Waals surface area contributed by atoms with E-state index in [1.165, 1.54) is 28.7 Å². The number of aryl methyl sites for hydroxylation is 1. The summed E-state index contributed by atoms with van der Waals surface area (Å²) in [5, 5.41) is 3.06. The minimum atomic E-state index is -3.61. The normalized spacial score (nSPS) is 11.6. The van der Waals surface area contributed by atoms with Crippen LogP contribution in [0.4, 0.5) is 5.69 Å². The fourth-order valence-corrected chi connectivity index (χ4v) is 4.49. The molecule has 2 N–H and O–H groups in total. The van der Waals surface area contributed by atoms with Gasteiger partial charge in [0.05, 0.1) is 10.6 Å². The van der Waals surface area contributed by atoms with Gasteiger partial charge < -0.3 is 10.3 Å². The van der Waals surface area contributed by atoms with E-state index in [0.29, 0.717) is 23.9 Å². The predicted octanol–water partition coefficient (Wildman–Crippen LogP) is 1.84. The standard InChI is InChI=1S/C17H22N4O4S2/c1-4-21(5-2)27(24,25)13-7-6-12(3)14(10-13)19-16(23)11-26-17-18-9-8-15(22)20-17/h6-10H,4-5,11H2,1-3H3,(H,19,23)(H,18,20,22). The third-order valence-electron chi connectivity index (χ3n) is 3.81. The monoisotopic (exact) mass is 410 g/mol. The highest BCUT2D eigenvalue weighted by Gasteiger charge is 2.22. The van der Waals surface area contributed by atoms with Gasteiger partial charge in [-0.05, 0) is 24.6 Å². The summed E-state index contributed by atoms with van der Waals surface area (Å²) in [6.45, 7) is 6.07. The quantitative estimate of drug-likeness (QED) is 0.507. The Hall–Kier alpha value is -2.17. The van der Waals surface area contributed by atoms with Gasteiger partial charge in [-0.2, -0.15) is 4.31 Å². The van der Waals surface area contributed by atoms with E-state index in [-0.39, 0.29) is 22.1 Å². The summed E-state index contributed by atoms with van der Waals surface area (Å²) in [5.41, 5.74) is 0.888. The van der Waals surface area contributed by atoms with Crippen molar-refractivity contribution in [2.24, 2.45) is 0 Å². The molecule has 2 aromatic rings. The maximum Gasteiger partial charge on any atom is 0.251 e. The molecule has 0 aliphatic carbocycles. The predicted molar refractivity (Wildman–Crippen MR) is 105 cm³/mol. The molecule has 10 heteroatoms. The Labute approximate surface area is 162 Å². The van der Waals surface area contributed by atoms with Crippen LogP contribution in [-0.2, 0) is 14.8 Å². The molecule has 1 amide bonds. The van der Waals surface area contributed by atoms with Crippen molar-refractivity contribution in [3.63, 3.8) is 0 Å². The zero-order valence-corrected chi connectivity index (χ0v) is 17.0. The molecule has 0 aliphatic rings. The average Bonchev–Trinajstić information content (AvgIpc) is 2.62. The van der Waals surface area contributed by atoms with Crippen LogP contribution in [0.2, 0.25) is 0 Å². The lowest BCUT2D eigenvalue weighted by Gasteiger charge is -2.19. The van der Waals surface area contributed by atoms with Crippen molar-refractivity contribution in [3.05, 3.63) is 46.4 Å². The number of thioether (sulfide) groups is 1. The largest absolute Gasteiger partial charge is 0.325 e. The molecule has 1 aromatic carbocycles. The Morgan fingerprint density at radius 1 is 1.26 bits per heavy atom. The van der Waals surface area contributed by atoms with E-state index < -0.39 is 10.0 Å². The van der Waals surface area contributed by atoms with Crippen LogP contribution in [-0.4, -0.2) is 47.4 Å². The molecule has 0 fully saturated rings. The Balaban J connectivity index is 2.14. The zero-order valence-electron chi connectivity index (χ0n) is 15.4. The highest BCUT2D eigenvalue weighted by atomic mass is 32.2. The fraction of sp³-hybridized carbons (Fsp3) is 0.353. The van der Waals surface area contributed by atoms with Crippen LogP contribution in [0.3, 0.4) is 0 Å². The second kappa shape index (κ2) is 9.16. The number of rotatable bonds is 8. The Morgan fingerprint density at radius 3 is 2.59 bits per heavy atom. The molecule has 1 heterocycles. The molecule has 0 unspecified atom stereocenters. The van der Waals surface area contributed by atoms with Crippen molar-refractivity contribution in [3.8, 4) is 0 Å². The van der Waals surface area contributed by atoms with Crippen LogP contribution >= 0.6 is 11.8 Å². The van der Waals surface area contributed by atoms with Gasteiger partial charge in [-0.25, -0.2) is 13.4 Å². The van der Waals surface area contributed by atoms with Gasteiger partial charge in [-0.3, -0.25) is 9.59 Å². The van der Waals surface area contributed by atoms with Gasteiger partial charge in [-0.15, -0.1) is 0 Å². The van der Waals surface area contributed by atoms with Crippen LogP contribution in [0, 0.1) is 6.92 Å². The minimum Gasteiger partial charge on any atom is -0.325 e. The van der Waals surface area contributed by atoms with E-state index in [0.717, 1.165) is 17.3 Å². The average molecular weight is 411 g/mol. The van der Waals surface area contributed by atoms with E-state index in [2.05, 4.69) is 15.3 Å². The zero-order chi connectivity index (χ0) is 20.0. The summed E-state index contributed by atoms with van der Waals surface area (Å²) < 4.78 is 26.7. The van der Waals surface area contributed by atoms with Crippen LogP contribution in [0.15, 0.2) is 45.3 Å². The first kappa shape index (κ1) is 21.1. The smallest absolute Gasteiger partial charge is 0.251 e. The Bertz CT molecular complexity index is 969. The molecule has 0 radical (unpaired) electrons. The van der Waals surface area contributed by atoms with Crippen LogP contribution in [0.1, 0.15) is 19.4 Å². The summed E-state index contributed by atoms with van der Waals surface area (Å²) in [7, 11) is -3.61. The van der Waals surface area contributed by atoms with Crippen LogP contribution in [0.5, 0.6) is 0 Å². The molecular formula is C17H22N4O4S2. The van der Waals surface area contributed by atoms with Crippen LogP contribution in [0.25, 0.3) is 0 Å². The second-order valence-electron chi connectivity index (χ2n) is 5.64. The second-order valence-corrected chi connectivity index (χ2v) is 8.54. The van der Waals surface area contributed by atoms with E-state index >= 15 is 0 Å². The number of benzene rings is 1. The number of hydrogen-bond acceptors (Lipinski definition) is 6. The number of anilines is 1. The van der Waals surface area contributed by atoms with Crippen LogP contribution < -0.4 is 10.9 Å². The van der Waals surface area contributed by atoms with Gasteiger partial charge in [0.15, 0.2) is 5.16 Å². The number of aromatic nitrogens is 2. The maximum atomic E-state index is 12.7. The Kier molecular flexibility index (Phi) is 7.17. The van der Waals surface area contributed by atoms with Gasteiger partial charge in [0.25, 0.3) is 5.56 Å². The number of H-pyrrole nitrogens is 1. The van der Waals surface area contributed by atoms with E-state index in [1.807, 2.05) is 0 Å². The lowest BCUT2D eigenvalue weighted by molar-refractivity contribution is -0.113. The number of amides is 1. The lowest BCUT2D eigenvalue weighted by Crippen LogP contribution is -2.30. The molecule has 0 aliphatic heterocycles. The third kappa shape index (κ3) is 5.41. The number of nitrogens with one attached hydrogen (secondary N) is 2. The topological polar surface area (TPSA) is 112 Å². The third-order valence-corrected chi connectivity index (χ3v) is 6.75. The SMILES string of the molecule is CCN(CC)S(=O)(=O)c1ccc(C)c(NC(=O)CSc2nccc(=O)[nH]2)c1. The summed E-state index contributed by atoms with van der Waals surface area (Å²) in [6, 6.07) is 5.95. The fourth-order valence-electron chi connectivity index (χ4n) is 2.35. The van der Waals surface area contributed by atoms with Gasteiger partial charge in [-0.1, -0.05) is 31.7 Å². The first-order chi connectivity index (χ1) is 12.8. The molecule has 1 aromatic heterocycles. The van der Waals surface area contributed by atoms with Gasteiger partial charge in [0, 0.05) is 31.0 Å². The van der Waals surface area contributed by atoms with Crippen molar-refractivity contribution in [1.29, 1.82) is 0 Å². The first-order valence-corrected chi connectivity index (χ1v) is 10.8. The van der Waals surface area contributed by atoms with Crippen molar-refractivity contribution < 1.29 is 13.2 Å². The van der Waals surface area contributed by atoms with Gasteiger partial charge in [0.2, 0.25) is 15.9 Å². The lowest BCUT2D eigenvalue weighted by atomic mass is 10.2. The summed E-state index contributed by atoms with van der Waals surface area (Å²) in [6.07, 6.45) is 1.37. The van der Waals surface area contributed by atoms with E-state index in [4.69, 9.17) is 0 Å². The molecule has 0 spiro atoms. The molecule has 0 saturated heterocycles. The minimum absolute atomic E-state index is 0.0272. The number of nitrogens with zero attached hydrogens (tertiary/aromatic N) is 2. The molecule has 0 atom stereocenters. The summed E-state index contributed by atoms with van der Waals surface area (Å²) in [5.74, 6) is -0.300. The van der Waals surface area contributed by atoms with Crippen molar-refractivity contribution in [2.45, 2.75) is 30.8 Å². The number of aromatic amines is 1. The Morgan fingerprint density at radius 2 is 1.96 bits per heavy atom. The number of carbonyl (C=O) groups is 1. The summed E-state index contributed by atoms with van der Waals surface area (Å²) >= 11 is 1.08. The van der Waals surface area contributed by atoms with Gasteiger partial charge >= 0.3 is 0 Å². The first-order valence-electron chi connectivity index (χ1n) is 8.36. The molecule has 0 saturated carbocycles. The van der Waals surface area contributed by atoms with Crippen molar-refractivity contribution in [2.75, 3.05) is 24.2 Å². The van der Waals surface area contributed by atoms with E-state index in [1.54, 1.807) is 26.8 Å². The van der Waals surface area contributed by atoms with Crippen molar-refractivity contribution in [1.82, 2.24) is 14.3 Å². The summed E-state index contributed by atoms with van der Waals surface area (Å²) in [4.78, 5) is 30.1. The van der Waals surface area contributed by atoms with E-state index in [9.17, 15) is 18.0 Å². The van der Waals surface area contributed by atoms with Crippen molar-refractivity contribution >= 4 is 33.4 Å². The number of carbonyl (C=O) groups excluding carboxylic acids is 1. The molecule has 8 nitrogen and oxygen atoms in total.